The van der Waals surface area contributed by atoms with Gasteiger partial charge in [-0.05, 0) is 44.4 Å². The molecule has 0 radical (unpaired) electrons. The van der Waals surface area contributed by atoms with E-state index in [0.717, 1.165) is 40.2 Å². The number of thioether (sulfide) groups is 1. The predicted molar refractivity (Wildman–Crippen MR) is 160 cm³/mol. The molecule has 1 aromatic rings. The Morgan fingerprint density at radius 2 is 1.41 bits per heavy atom. The van der Waals surface area contributed by atoms with Crippen molar-refractivity contribution in [2.24, 2.45) is 0 Å². The van der Waals surface area contributed by atoms with E-state index in [1.54, 1.807) is 6.92 Å². The van der Waals surface area contributed by atoms with E-state index in [-0.39, 0.29) is 16.8 Å². The van der Waals surface area contributed by atoms with Crippen LogP contribution in [0.3, 0.4) is 0 Å². The summed E-state index contributed by atoms with van der Waals surface area (Å²) in [5.41, 5.74) is 2.43. The molecule has 210 valence electrons. The largest absolute Gasteiger partial charge is 0.467 e. The number of hydrogen-bond acceptors (Lipinski definition) is 5. The number of carbonyl (C=O) groups excluding carboxylic acids is 3. The van der Waals surface area contributed by atoms with Gasteiger partial charge in [0.1, 0.15) is 6.04 Å². The number of aryl methyl sites for hydroxylation is 1. The van der Waals surface area contributed by atoms with E-state index < -0.39 is 12.0 Å². The second kappa shape index (κ2) is 19.7. The van der Waals surface area contributed by atoms with Crippen molar-refractivity contribution >= 4 is 50.4 Å². The van der Waals surface area contributed by atoms with Gasteiger partial charge in [0.25, 0.3) is 0 Å². The SMILES string of the molecule is CCCCCCCCCCCCCCCC(=O)SCC(=O)N(c1c(C)ccc(Br)c1C)C(C)C(=O)OC. The Labute approximate surface area is 238 Å². The molecule has 0 bridgehead atoms. The molecular weight excluding hydrogens is 550 g/mol. The summed E-state index contributed by atoms with van der Waals surface area (Å²) in [6, 6.07) is 3.04. The zero-order valence-corrected chi connectivity index (χ0v) is 26.1. The molecule has 0 aliphatic rings. The lowest BCUT2D eigenvalue weighted by Crippen LogP contribution is -2.45. The van der Waals surface area contributed by atoms with Crippen LogP contribution >= 0.6 is 27.7 Å². The minimum atomic E-state index is -0.791. The van der Waals surface area contributed by atoms with Gasteiger partial charge < -0.3 is 4.74 Å². The quantitative estimate of drug-likeness (QED) is 0.118. The fraction of sp³-hybridized carbons (Fsp3) is 0.700. The predicted octanol–water partition coefficient (Wildman–Crippen LogP) is 8.70. The van der Waals surface area contributed by atoms with Crippen LogP contribution in [-0.2, 0) is 19.1 Å². The summed E-state index contributed by atoms with van der Waals surface area (Å²) in [5, 5.41) is 0.0322. The van der Waals surface area contributed by atoms with Crippen molar-refractivity contribution in [3.63, 3.8) is 0 Å². The maximum absolute atomic E-state index is 13.2. The van der Waals surface area contributed by atoms with Gasteiger partial charge in [0.15, 0.2) is 5.12 Å². The smallest absolute Gasteiger partial charge is 0.328 e. The average Bonchev–Trinajstić information content (AvgIpc) is 2.89. The summed E-state index contributed by atoms with van der Waals surface area (Å²) in [4.78, 5) is 39.5. The zero-order valence-electron chi connectivity index (χ0n) is 23.7. The number of halogens is 1. The normalized spacial score (nSPS) is 11.8. The second-order valence-corrected chi connectivity index (χ2v) is 11.8. The minimum Gasteiger partial charge on any atom is -0.467 e. The molecule has 0 saturated heterocycles. The van der Waals surface area contributed by atoms with Crippen molar-refractivity contribution in [3.05, 3.63) is 27.7 Å². The number of methoxy groups -OCH3 is 1. The van der Waals surface area contributed by atoms with Crippen LogP contribution in [0, 0.1) is 13.8 Å². The fourth-order valence-electron chi connectivity index (χ4n) is 4.56. The van der Waals surface area contributed by atoms with Crippen LogP contribution in [0.15, 0.2) is 16.6 Å². The summed E-state index contributed by atoms with van der Waals surface area (Å²) >= 11 is 4.57. The van der Waals surface area contributed by atoms with Crippen molar-refractivity contribution in [1.82, 2.24) is 0 Å². The van der Waals surface area contributed by atoms with Crippen LogP contribution in [0.4, 0.5) is 5.69 Å². The first-order valence-electron chi connectivity index (χ1n) is 14.1. The highest BCUT2D eigenvalue weighted by molar-refractivity contribution is 9.10. The number of nitrogens with zero attached hydrogens (tertiary/aromatic N) is 1. The van der Waals surface area contributed by atoms with Gasteiger partial charge in [-0.2, -0.15) is 0 Å². The number of esters is 1. The van der Waals surface area contributed by atoms with Gasteiger partial charge in [0, 0.05) is 10.9 Å². The molecule has 5 nitrogen and oxygen atoms in total. The molecule has 0 spiro atoms. The molecule has 1 aromatic carbocycles. The Morgan fingerprint density at radius 3 is 1.92 bits per heavy atom. The van der Waals surface area contributed by atoms with Gasteiger partial charge in [0.2, 0.25) is 5.91 Å². The van der Waals surface area contributed by atoms with E-state index in [2.05, 4.69) is 22.9 Å². The van der Waals surface area contributed by atoms with Crippen LogP contribution in [0.25, 0.3) is 0 Å². The summed E-state index contributed by atoms with van der Waals surface area (Å²) in [6.45, 7) is 7.73. The van der Waals surface area contributed by atoms with Crippen molar-refractivity contribution < 1.29 is 19.1 Å². The molecule has 37 heavy (non-hydrogen) atoms. The van der Waals surface area contributed by atoms with E-state index in [1.165, 1.54) is 82.6 Å². The first kappa shape index (κ1) is 33.7. The highest BCUT2D eigenvalue weighted by Gasteiger charge is 2.31. The zero-order chi connectivity index (χ0) is 27.6. The van der Waals surface area contributed by atoms with E-state index in [0.29, 0.717) is 12.1 Å². The molecule has 0 aliphatic carbocycles. The number of amides is 1. The standard InChI is InChI=1S/C30H48BrNO4S/c1-6-7-8-9-10-11-12-13-14-15-16-17-18-19-28(34)37-22-27(33)32(25(4)30(35)36-5)29-23(2)20-21-26(31)24(29)3/h20-21,25H,6-19,22H2,1-5H3. The first-order chi connectivity index (χ1) is 17.7. The summed E-state index contributed by atoms with van der Waals surface area (Å²) < 4.78 is 5.77. The number of rotatable bonds is 19. The van der Waals surface area contributed by atoms with Gasteiger partial charge in [-0.15, -0.1) is 0 Å². The van der Waals surface area contributed by atoms with Crippen LogP contribution in [0.2, 0.25) is 0 Å². The van der Waals surface area contributed by atoms with Crippen molar-refractivity contribution in [2.45, 2.75) is 124 Å². The number of ether oxygens (including phenoxy) is 1. The van der Waals surface area contributed by atoms with Crippen LogP contribution in [0.1, 0.15) is 115 Å². The van der Waals surface area contributed by atoms with E-state index in [1.807, 2.05) is 26.0 Å². The van der Waals surface area contributed by atoms with Crippen LogP contribution in [-0.4, -0.2) is 35.9 Å². The Morgan fingerprint density at radius 1 is 0.892 bits per heavy atom. The molecular formula is C30H48BrNO4S. The Kier molecular flexibility index (Phi) is 17.9. The van der Waals surface area contributed by atoms with Crippen molar-refractivity contribution in [2.75, 3.05) is 17.8 Å². The maximum Gasteiger partial charge on any atom is 0.328 e. The van der Waals surface area contributed by atoms with Crippen molar-refractivity contribution in [1.29, 1.82) is 0 Å². The lowest BCUT2D eigenvalue weighted by molar-refractivity contribution is -0.142. The monoisotopic (exact) mass is 597 g/mol. The molecule has 0 fully saturated rings. The highest BCUT2D eigenvalue weighted by Crippen LogP contribution is 2.33. The van der Waals surface area contributed by atoms with E-state index in [4.69, 9.17) is 4.74 Å². The van der Waals surface area contributed by atoms with Crippen LogP contribution in [0.5, 0.6) is 0 Å². The molecule has 0 N–H and O–H groups in total. The molecule has 0 aromatic heterocycles. The number of hydrogen-bond donors (Lipinski definition) is 0. The molecule has 7 heteroatoms. The second-order valence-electron chi connectivity index (χ2n) is 9.95. The van der Waals surface area contributed by atoms with Gasteiger partial charge in [-0.3, -0.25) is 14.5 Å². The molecule has 1 unspecified atom stereocenters. The maximum atomic E-state index is 13.2. The lowest BCUT2D eigenvalue weighted by Gasteiger charge is -2.30. The van der Waals surface area contributed by atoms with Gasteiger partial charge >= 0.3 is 5.97 Å². The van der Waals surface area contributed by atoms with Gasteiger partial charge in [-0.1, -0.05) is 118 Å². The number of unbranched alkanes of at least 4 members (excludes halogenated alkanes) is 12. The summed E-state index contributed by atoms with van der Waals surface area (Å²) in [5.74, 6) is -0.759. The Hall–Kier alpha value is -1.34. The van der Waals surface area contributed by atoms with E-state index in [9.17, 15) is 14.4 Å². The third-order valence-electron chi connectivity index (χ3n) is 6.85. The first-order valence-corrected chi connectivity index (χ1v) is 15.8. The third kappa shape index (κ3) is 12.8. The highest BCUT2D eigenvalue weighted by atomic mass is 79.9. The van der Waals surface area contributed by atoms with E-state index >= 15 is 0 Å². The molecule has 0 aliphatic heterocycles. The Balaban J connectivity index is 2.39. The van der Waals surface area contributed by atoms with Gasteiger partial charge in [-0.25, -0.2) is 4.79 Å². The topological polar surface area (TPSA) is 63.7 Å². The molecule has 1 atom stereocenters. The average molecular weight is 599 g/mol. The lowest BCUT2D eigenvalue weighted by atomic mass is 10.0. The van der Waals surface area contributed by atoms with Crippen LogP contribution < -0.4 is 4.90 Å². The number of carbonyl (C=O) groups is 3. The Bertz CT molecular complexity index is 845. The third-order valence-corrected chi connectivity index (χ3v) is 8.62. The molecule has 1 amide bonds. The summed E-state index contributed by atoms with van der Waals surface area (Å²) in [7, 11) is 1.32. The molecule has 1 rings (SSSR count). The summed E-state index contributed by atoms with van der Waals surface area (Å²) in [6.07, 6.45) is 17.0. The fourth-order valence-corrected chi connectivity index (χ4v) is 5.60. The van der Waals surface area contributed by atoms with Crippen molar-refractivity contribution in [3.8, 4) is 0 Å². The van der Waals surface area contributed by atoms with Gasteiger partial charge in [0.05, 0.1) is 18.6 Å². The number of anilines is 1. The molecule has 0 saturated carbocycles. The number of benzene rings is 1. The molecule has 0 heterocycles. The minimum absolute atomic E-state index is 0.00397.